The largest absolute Gasteiger partial charge is 0.184 e. The van der Waals surface area contributed by atoms with Crippen LogP contribution in [0.15, 0.2) is 103 Å². The third-order valence-electron chi connectivity index (χ3n) is 9.39. The van der Waals surface area contributed by atoms with Crippen LogP contribution in [0.25, 0.3) is 27.8 Å². The van der Waals surface area contributed by atoms with Crippen LogP contribution in [-0.2, 0) is 41.5 Å². The monoisotopic (exact) mass is 776 g/mol. The Kier molecular flexibility index (Phi) is 16.1. The van der Waals surface area contributed by atoms with E-state index in [1.807, 2.05) is 36.4 Å². The number of hydrogen-bond acceptors (Lipinski definition) is 0. The minimum atomic E-state index is 0. The Balaban J connectivity index is 0.000000292. The van der Waals surface area contributed by atoms with Crippen LogP contribution in [0.5, 0.6) is 0 Å². The van der Waals surface area contributed by atoms with Crippen molar-refractivity contribution in [1.29, 1.82) is 0 Å². The summed E-state index contributed by atoms with van der Waals surface area (Å²) >= 11 is 1.30. The van der Waals surface area contributed by atoms with E-state index in [1.165, 1.54) is 96.6 Å². The molecule has 0 saturated carbocycles. The third kappa shape index (κ3) is 9.33. The zero-order valence-corrected chi connectivity index (χ0v) is 35.3. The van der Waals surface area contributed by atoms with Gasteiger partial charge in [-0.3, -0.25) is 12.2 Å². The molecule has 1 unspecified atom stereocenters. The standard InChI is InChI=1S/C25H25.C13H13.C6H5.C2H5.CH2.2ClH.Zr/c1-14-12-24(3,4)22-8-16-7-17-9-23-19(15(2)13-25(23,5)6)11-21(17)20(16)10-18(14)22;1-10-8-11(2)13(9-10)12-6-4-3-5-7-12;1-2-4-6-5-3-1;1-2;;;;/h8-12H,7H2,1-6H3;3-7,9-10H,1-2H3;1-5H;1H2,2H3;1H2;2*1H;/q4*-1;;;;. The molecular weight excluding hydrogens is 727 g/mol. The Morgan fingerprint density at radius 1 is 0.720 bits per heavy atom. The molecule has 3 heteroatoms. The fraction of sp³-hybridized carbons (Fsp3) is 0.277. The molecule has 0 aliphatic heterocycles. The summed E-state index contributed by atoms with van der Waals surface area (Å²) in [7, 11) is 0. The van der Waals surface area contributed by atoms with Gasteiger partial charge in [0, 0.05) is 5.41 Å². The van der Waals surface area contributed by atoms with Crippen LogP contribution in [0.4, 0.5) is 0 Å². The minimum absolute atomic E-state index is 0. The first-order valence-corrected chi connectivity index (χ1v) is 18.7. The second-order valence-electron chi connectivity index (χ2n) is 13.8. The Bertz CT molecular complexity index is 1760. The molecule has 0 heterocycles. The minimum Gasteiger partial charge on any atom is -0.184 e. The Hall–Kier alpha value is -2.83. The molecular formula is C47H52Cl2Zr-4. The molecule has 0 bridgehead atoms. The second kappa shape index (κ2) is 18.6. The molecule has 0 radical (unpaired) electrons. The van der Waals surface area contributed by atoms with Crippen molar-refractivity contribution >= 4 is 45.7 Å². The molecule has 0 aromatic heterocycles. The molecule has 50 heavy (non-hydrogen) atoms. The molecule has 1 atom stereocenters. The maximum Gasteiger partial charge on any atom is -0.171 e. The average Bonchev–Trinajstić information content (AvgIpc) is 3.76. The van der Waals surface area contributed by atoms with Crippen LogP contribution in [0.2, 0.25) is 0 Å². The topological polar surface area (TPSA) is 0 Å². The number of allylic oxidation sites excluding steroid dienone is 8. The van der Waals surface area contributed by atoms with E-state index in [-0.39, 0.29) is 35.6 Å². The molecule has 4 aliphatic carbocycles. The molecule has 0 saturated heterocycles. The van der Waals surface area contributed by atoms with Crippen molar-refractivity contribution in [3.05, 3.63) is 167 Å². The molecule has 4 aliphatic rings. The van der Waals surface area contributed by atoms with E-state index in [4.69, 9.17) is 0 Å². The first kappa shape index (κ1) is 43.3. The van der Waals surface area contributed by atoms with E-state index in [0.717, 1.165) is 6.42 Å². The van der Waals surface area contributed by atoms with Gasteiger partial charge in [0.15, 0.2) is 0 Å². The zero-order chi connectivity index (χ0) is 35.2. The summed E-state index contributed by atoms with van der Waals surface area (Å²) in [5, 5.41) is 0. The molecule has 0 nitrogen and oxygen atoms in total. The first-order chi connectivity index (χ1) is 22.9. The van der Waals surface area contributed by atoms with Crippen molar-refractivity contribution < 1.29 is 24.2 Å². The van der Waals surface area contributed by atoms with E-state index < -0.39 is 0 Å². The second-order valence-corrected chi connectivity index (χ2v) is 13.8. The molecule has 0 amide bonds. The van der Waals surface area contributed by atoms with Gasteiger partial charge in [0.1, 0.15) is 0 Å². The summed E-state index contributed by atoms with van der Waals surface area (Å²) in [5.41, 5.74) is 18.5. The van der Waals surface area contributed by atoms with E-state index >= 15 is 0 Å². The van der Waals surface area contributed by atoms with Crippen molar-refractivity contribution in [2.75, 3.05) is 0 Å². The van der Waals surface area contributed by atoms with Crippen molar-refractivity contribution in [2.24, 2.45) is 5.92 Å². The van der Waals surface area contributed by atoms with Crippen LogP contribution in [0.1, 0.15) is 101 Å². The number of benzene rings is 4. The van der Waals surface area contributed by atoms with Gasteiger partial charge >= 0.3 is 28.4 Å². The molecule has 0 spiro atoms. The van der Waals surface area contributed by atoms with Gasteiger partial charge in [-0.15, -0.1) is 42.0 Å². The zero-order valence-electron chi connectivity index (χ0n) is 31.3. The van der Waals surface area contributed by atoms with Gasteiger partial charge in [-0.1, -0.05) is 108 Å². The molecule has 0 N–H and O–H groups in total. The molecule has 8 rings (SSSR count). The Morgan fingerprint density at radius 2 is 1.26 bits per heavy atom. The quantitative estimate of drug-likeness (QED) is 0.149. The van der Waals surface area contributed by atoms with Crippen molar-refractivity contribution in [3.63, 3.8) is 0 Å². The normalized spacial score (nSPS) is 16.9. The van der Waals surface area contributed by atoms with E-state index in [1.54, 1.807) is 6.92 Å². The first-order valence-electron chi connectivity index (χ1n) is 17.0. The number of halogens is 2. The fourth-order valence-corrected chi connectivity index (χ4v) is 7.38. The number of hydrogen-bond donors (Lipinski definition) is 0. The van der Waals surface area contributed by atoms with Gasteiger partial charge < -0.3 is 6.92 Å². The maximum absolute atomic E-state index is 3.65. The van der Waals surface area contributed by atoms with E-state index in [2.05, 4.69) is 145 Å². The van der Waals surface area contributed by atoms with Crippen LogP contribution in [0.3, 0.4) is 0 Å². The molecule has 0 fully saturated rings. The van der Waals surface area contributed by atoms with E-state index in [0.29, 0.717) is 5.92 Å². The van der Waals surface area contributed by atoms with Crippen molar-refractivity contribution in [3.8, 4) is 11.1 Å². The maximum atomic E-state index is 3.65. The predicted octanol–water partition coefficient (Wildman–Crippen LogP) is 13.1. The van der Waals surface area contributed by atoms with Gasteiger partial charge in [-0.25, -0.2) is 11.1 Å². The Labute approximate surface area is 331 Å². The summed E-state index contributed by atoms with van der Waals surface area (Å²) in [6.07, 6.45) is 12.8. The summed E-state index contributed by atoms with van der Waals surface area (Å²) < 4.78 is 3.34. The van der Waals surface area contributed by atoms with Crippen LogP contribution in [-0.4, -0.2) is 4.21 Å². The van der Waals surface area contributed by atoms with E-state index in [9.17, 15) is 0 Å². The average molecular weight is 779 g/mol. The summed E-state index contributed by atoms with van der Waals surface area (Å²) in [5.74, 6) is 0.468. The van der Waals surface area contributed by atoms with Crippen LogP contribution < -0.4 is 0 Å². The summed E-state index contributed by atoms with van der Waals surface area (Å²) in [6.45, 7) is 23.0. The number of rotatable bonds is 1. The van der Waals surface area contributed by atoms with Crippen LogP contribution >= 0.6 is 24.8 Å². The van der Waals surface area contributed by atoms with Gasteiger partial charge in [0.05, 0.1) is 0 Å². The fourth-order valence-electron chi connectivity index (χ4n) is 7.38. The summed E-state index contributed by atoms with van der Waals surface area (Å²) in [6, 6.07) is 32.8. The molecule has 262 valence electrons. The third-order valence-corrected chi connectivity index (χ3v) is 9.39. The smallest absolute Gasteiger partial charge is 0.171 e. The SMILES string of the molecule is CC1=[C-]C(C)(C)c2cc3c(cc21)-c1cc2c(cc1C3)C(C)(C)C=C2C.CC1=[C-]C(C)C=C1c1ccccc1.Cl.Cl.[CH2-]C.[CH2]=[Zr].[c-]1ccccc1. The summed E-state index contributed by atoms with van der Waals surface area (Å²) in [4.78, 5) is 0. The Morgan fingerprint density at radius 3 is 1.76 bits per heavy atom. The van der Waals surface area contributed by atoms with Gasteiger partial charge in [0.25, 0.3) is 0 Å². The van der Waals surface area contributed by atoms with Crippen molar-refractivity contribution in [1.82, 2.24) is 0 Å². The van der Waals surface area contributed by atoms with Crippen molar-refractivity contribution in [2.45, 2.75) is 79.6 Å². The molecule has 4 aromatic rings. The van der Waals surface area contributed by atoms with Gasteiger partial charge in [0.2, 0.25) is 0 Å². The van der Waals surface area contributed by atoms with Gasteiger partial charge in [-0.2, -0.15) is 60.5 Å². The molecule has 4 aromatic carbocycles. The number of fused-ring (bicyclic) bond motifs is 5. The van der Waals surface area contributed by atoms with Crippen LogP contribution in [0, 0.1) is 31.1 Å². The van der Waals surface area contributed by atoms with Gasteiger partial charge in [-0.05, 0) is 58.4 Å². The predicted molar refractivity (Wildman–Crippen MR) is 221 cm³/mol.